The average molecular weight is 312 g/mol. The lowest BCUT2D eigenvalue weighted by molar-refractivity contribution is -0.138. The van der Waals surface area contributed by atoms with Crippen LogP contribution in [0.4, 0.5) is 4.79 Å². The number of amides is 2. The minimum atomic E-state index is -0.824. The number of aliphatic carboxylic acids is 1. The molecule has 0 aromatic carbocycles. The van der Waals surface area contributed by atoms with E-state index in [1.54, 1.807) is 22.4 Å². The summed E-state index contributed by atoms with van der Waals surface area (Å²) >= 11 is 1.51. The molecule has 1 aromatic heterocycles. The highest BCUT2D eigenvalue weighted by Gasteiger charge is 2.22. The monoisotopic (exact) mass is 312 g/mol. The SMILES string of the molecule is CN(Cc1cscn1)C(=O)N1CCCN(CC(=O)O)CC1. The van der Waals surface area contributed by atoms with Gasteiger partial charge in [0.25, 0.3) is 0 Å². The first kappa shape index (κ1) is 15.7. The molecular formula is C13H20N4O3S. The van der Waals surface area contributed by atoms with Crippen LogP contribution in [0.15, 0.2) is 10.9 Å². The molecule has 116 valence electrons. The number of carboxylic acids is 1. The summed E-state index contributed by atoms with van der Waals surface area (Å²) < 4.78 is 0. The normalized spacial score (nSPS) is 16.5. The van der Waals surface area contributed by atoms with Crippen molar-refractivity contribution >= 4 is 23.3 Å². The molecule has 0 bridgehead atoms. The molecule has 0 unspecified atom stereocenters. The number of hydrogen-bond donors (Lipinski definition) is 1. The number of carbonyl (C=O) groups excluding carboxylic acids is 1. The van der Waals surface area contributed by atoms with E-state index in [-0.39, 0.29) is 12.6 Å². The molecule has 0 saturated carbocycles. The quantitative estimate of drug-likeness (QED) is 0.889. The Balaban J connectivity index is 1.86. The zero-order valence-corrected chi connectivity index (χ0v) is 12.9. The predicted octanol–water partition coefficient (Wildman–Crippen LogP) is 0.787. The Labute approximate surface area is 127 Å². The molecule has 2 heterocycles. The highest BCUT2D eigenvalue weighted by atomic mass is 32.1. The van der Waals surface area contributed by atoms with Gasteiger partial charge in [-0.3, -0.25) is 9.69 Å². The van der Waals surface area contributed by atoms with Crippen LogP contribution in [-0.2, 0) is 11.3 Å². The molecule has 0 radical (unpaired) electrons. The second-order valence-electron chi connectivity index (χ2n) is 5.13. The van der Waals surface area contributed by atoms with E-state index in [2.05, 4.69) is 4.98 Å². The van der Waals surface area contributed by atoms with Crippen LogP contribution in [0.25, 0.3) is 0 Å². The number of urea groups is 1. The number of hydrogen-bond acceptors (Lipinski definition) is 5. The van der Waals surface area contributed by atoms with Gasteiger partial charge in [-0.15, -0.1) is 11.3 Å². The molecule has 2 rings (SSSR count). The topological polar surface area (TPSA) is 77.0 Å². The molecular weight excluding hydrogens is 292 g/mol. The van der Waals surface area contributed by atoms with Gasteiger partial charge in [0, 0.05) is 38.6 Å². The van der Waals surface area contributed by atoms with Gasteiger partial charge in [-0.1, -0.05) is 0 Å². The van der Waals surface area contributed by atoms with Gasteiger partial charge in [-0.2, -0.15) is 0 Å². The van der Waals surface area contributed by atoms with Crippen molar-refractivity contribution in [1.82, 2.24) is 19.7 Å². The molecule has 1 N–H and O–H groups in total. The molecule has 1 aliphatic rings. The molecule has 0 atom stereocenters. The number of carboxylic acid groups (broad SMARTS) is 1. The molecule has 8 heteroatoms. The number of rotatable bonds is 4. The summed E-state index contributed by atoms with van der Waals surface area (Å²) in [5, 5.41) is 10.8. The molecule has 0 spiro atoms. The van der Waals surface area contributed by atoms with Crippen LogP contribution in [0.3, 0.4) is 0 Å². The number of aromatic nitrogens is 1. The molecule has 7 nitrogen and oxygen atoms in total. The fourth-order valence-electron chi connectivity index (χ4n) is 2.38. The van der Waals surface area contributed by atoms with Crippen molar-refractivity contribution < 1.29 is 14.7 Å². The van der Waals surface area contributed by atoms with E-state index in [1.165, 1.54) is 11.3 Å². The summed E-state index contributed by atoms with van der Waals surface area (Å²) in [4.78, 5) is 32.6. The van der Waals surface area contributed by atoms with Crippen molar-refractivity contribution in [3.05, 3.63) is 16.6 Å². The Kier molecular flexibility index (Phi) is 5.51. The Morgan fingerprint density at radius 3 is 2.86 bits per heavy atom. The average Bonchev–Trinajstić information content (AvgIpc) is 2.83. The van der Waals surface area contributed by atoms with Crippen LogP contribution in [0.2, 0.25) is 0 Å². The first-order valence-corrected chi connectivity index (χ1v) is 7.82. The van der Waals surface area contributed by atoms with Gasteiger partial charge in [0.1, 0.15) is 0 Å². The lowest BCUT2D eigenvalue weighted by Crippen LogP contribution is -2.43. The minimum absolute atomic E-state index is 0.0276. The maximum atomic E-state index is 12.4. The molecule has 0 aliphatic carbocycles. The maximum Gasteiger partial charge on any atom is 0.320 e. The summed E-state index contributed by atoms with van der Waals surface area (Å²) in [7, 11) is 1.77. The number of thiazole rings is 1. The van der Waals surface area contributed by atoms with E-state index < -0.39 is 5.97 Å². The van der Waals surface area contributed by atoms with E-state index >= 15 is 0 Å². The smallest absolute Gasteiger partial charge is 0.320 e. The summed E-state index contributed by atoms with van der Waals surface area (Å²) in [5.41, 5.74) is 2.64. The molecule has 1 saturated heterocycles. The standard InChI is InChI=1S/C13H20N4O3S/c1-15(7-11-9-21-10-14-11)13(20)17-4-2-3-16(5-6-17)8-12(18)19/h9-10H,2-8H2,1H3,(H,18,19). The minimum Gasteiger partial charge on any atom is -0.480 e. The molecule has 1 aliphatic heterocycles. The fraction of sp³-hybridized carbons (Fsp3) is 0.615. The third kappa shape index (κ3) is 4.68. The molecule has 1 fully saturated rings. The third-order valence-corrected chi connectivity index (χ3v) is 4.06. The van der Waals surface area contributed by atoms with Crippen LogP contribution >= 0.6 is 11.3 Å². The summed E-state index contributed by atoms with van der Waals surface area (Å²) in [6, 6.07) is -0.0276. The second-order valence-corrected chi connectivity index (χ2v) is 5.85. The van der Waals surface area contributed by atoms with Crippen molar-refractivity contribution in [2.24, 2.45) is 0 Å². The van der Waals surface area contributed by atoms with Gasteiger partial charge in [0.15, 0.2) is 0 Å². The summed E-state index contributed by atoms with van der Waals surface area (Å²) in [6.45, 7) is 3.08. The zero-order valence-electron chi connectivity index (χ0n) is 12.1. The predicted molar refractivity (Wildman–Crippen MR) is 79.2 cm³/mol. The number of carbonyl (C=O) groups is 2. The van der Waals surface area contributed by atoms with Gasteiger partial charge >= 0.3 is 12.0 Å². The van der Waals surface area contributed by atoms with Crippen molar-refractivity contribution in [3.63, 3.8) is 0 Å². The largest absolute Gasteiger partial charge is 0.480 e. The van der Waals surface area contributed by atoms with Crippen LogP contribution < -0.4 is 0 Å². The van der Waals surface area contributed by atoms with E-state index in [0.29, 0.717) is 32.7 Å². The Morgan fingerprint density at radius 1 is 1.38 bits per heavy atom. The van der Waals surface area contributed by atoms with E-state index in [4.69, 9.17) is 5.11 Å². The van der Waals surface area contributed by atoms with Crippen molar-refractivity contribution in [2.45, 2.75) is 13.0 Å². The van der Waals surface area contributed by atoms with Crippen molar-refractivity contribution in [2.75, 3.05) is 39.8 Å². The van der Waals surface area contributed by atoms with Gasteiger partial charge in [0.05, 0.1) is 24.3 Å². The van der Waals surface area contributed by atoms with Crippen LogP contribution in [-0.4, -0.2) is 76.6 Å². The first-order valence-electron chi connectivity index (χ1n) is 6.87. The van der Waals surface area contributed by atoms with Gasteiger partial charge in [0.2, 0.25) is 0 Å². The fourth-order valence-corrected chi connectivity index (χ4v) is 2.93. The van der Waals surface area contributed by atoms with Crippen LogP contribution in [0, 0.1) is 0 Å². The maximum absolute atomic E-state index is 12.4. The van der Waals surface area contributed by atoms with Gasteiger partial charge < -0.3 is 14.9 Å². The lowest BCUT2D eigenvalue weighted by Gasteiger charge is -2.26. The van der Waals surface area contributed by atoms with E-state index in [1.807, 2.05) is 10.3 Å². The Bertz CT molecular complexity index is 480. The Hall–Kier alpha value is -1.67. The van der Waals surface area contributed by atoms with Crippen molar-refractivity contribution in [3.8, 4) is 0 Å². The van der Waals surface area contributed by atoms with Crippen LogP contribution in [0.5, 0.6) is 0 Å². The van der Waals surface area contributed by atoms with E-state index in [9.17, 15) is 9.59 Å². The van der Waals surface area contributed by atoms with Crippen LogP contribution in [0.1, 0.15) is 12.1 Å². The van der Waals surface area contributed by atoms with Gasteiger partial charge in [-0.25, -0.2) is 9.78 Å². The second kappa shape index (κ2) is 7.37. The first-order chi connectivity index (χ1) is 10.1. The summed E-state index contributed by atoms with van der Waals surface area (Å²) in [6.07, 6.45) is 0.795. The zero-order chi connectivity index (χ0) is 15.2. The van der Waals surface area contributed by atoms with Gasteiger partial charge in [-0.05, 0) is 6.42 Å². The third-order valence-electron chi connectivity index (χ3n) is 3.43. The molecule has 2 amide bonds. The Morgan fingerprint density at radius 2 is 2.19 bits per heavy atom. The van der Waals surface area contributed by atoms with E-state index in [0.717, 1.165) is 12.1 Å². The summed E-state index contributed by atoms with van der Waals surface area (Å²) in [5.74, 6) is -0.824. The van der Waals surface area contributed by atoms with Crippen molar-refractivity contribution in [1.29, 1.82) is 0 Å². The molecule has 1 aromatic rings. The lowest BCUT2D eigenvalue weighted by atomic mass is 10.4. The molecule has 21 heavy (non-hydrogen) atoms. The number of nitrogens with zero attached hydrogens (tertiary/aromatic N) is 4. The highest BCUT2D eigenvalue weighted by Crippen LogP contribution is 2.09. The highest BCUT2D eigenvalue weighted by molar-refractivity contribution is 7.07.